The maximum absolute atomic E-state index is 15.0. The molecule has 0 saturated heterocycles. The zero-order chi connectivity index (χ0) is 50.3. The van der Waals surface area contributed by atoms with Gasteiger partial charge in [0.1, 0.15) is 6.04 Å². The molecule has 0 radical (unpaired) electrons. The lowest BCUT2D eigenvalue weighted by molar-refractivity contribution is -0.169. The molecule has 3 amide bonds. The van der Waals surface area contributed by atoms with E-state index in [4.69, 9.17) is 15.7 Å². The van der Waals surface area contributed by atoms with E-state index in [2.05, 4.69) is 20.5 Å². The number of aromatic nitrogens is 1. The van der Waals surface area contributed by atoms with Crippen LogP contribution in [0.3, 0.4) is 0 Å². The lowest BCUT2D eigenvalue weighted by atomic mass is 9.86. The summed E-state index contributed by atoms with van der Waals surface area (Å²) in [5, 5.41) is 19.4. The van der Waals surface area contributed by atoms with Gasteiger partial charge in [0.2, 0.25) is 17.7 Å². The molecule has 0 fully saturated rings. The van der Waals surface area contributed by atoms with E-state index in [1.165, 1.54) is 23.8 Å². The van der Waals surface area contributed by atoms with Gasteiger partial charge in [0, 0.05) is 93.2 Å². The van der Waals surface area contributed by atoms with Crippen LogP contribution in [0.4, 0.5) is 0 Å². The molecule has 366 valence electrons. The van der Waals surface area contributed by atoms with Gasteiger partial charge in [0.15, 0.2) is 17.7 Å². The van der Waals surface area contributed by atoms with Crippen LogP contribution in [0.1, 0.15) is 111 Å². The molecule has 0 bridgehead atoms. The van der Waals surface area contributed by atoms with Gasteiger partial charge >= 0.3 is 11.9 Å². The number of nitrogens with two attached hydrogens (primary N) is 1. The third kappa shape index (κ3) is 15.6. The molecular formula is C51H71BrN6O9. The molecule has 0 aliphatic heterocycles. The topological polar surface area (TPSA) is 213 Å². The third-order valence-corrected chi connectivity index (χ3v) is 13.1. The number of ketones is 2. The second kappa shape index (κ2) is 26.2. The van der Waals surface area contributed by atoms with Gasteiger partial charge in [-0.25, -0.2) is 9.59 Å². The Morgan fingerprint density at radius 3 is 1.91 bits per heavy atom. The lowest BCUT2D eigenvalue weighted by Crippen LogP contribution is -2.51. The molecule has 0 unspecified atom stereocenters. The van der Waals surface area contributed by atoms with Crippen LogP contribution in [0.25, 0.3) is 10.9 Å². The van der Waals surface area contributed by atoms with Crippen LogP contribution in [-0.4, -0.2) is 117 Å². The standard InChI is InChI=1S/C51H71BrN6O9/c1-11-35(47(61)55(8)33(7)51(66)67-46(50(64)65)18-15-23-53)27-44(59)43(26-37-30-58(41-17-14-13-16-39(37)41)29-34-19-21-38(52)22-20-34)56(9)48(62)36(24-31(3)4)28-45(60)42(25-32(5)6)57(10)49(63)40(54)12-2/h13-14,16-17,19-22,30-33,35-36,40,42-43,46H,11-12,15,18,24-29,54H2,1-10H3,(H,64,65)/t33-,35+,36+,40-,42-,43-,46+/m0/s1. The number of para-hydroxylation sites is 1. The summed E-state index contributed by atoms with van der Waals surface area (Å²) in [4.78, 5) is 100. The van der Waals surface area contributed by atoms with E-state index in [9.17, 15) is 38.7 Å². The van der Waals surface area contributed by atoms with Crippen molar-refractivity contribution in [2.75, 3.05) is 21.1 Å². The third-order valence-electron chi connectivity index (χ3n) is 12.5. The molecule has 16 heteroatoms. The highest BCUT2D eigenvalue weighted by Gasteiger charge is 2.39. The molecule has 0 saturated carbocycles. The fraction of sp³-hybridized carbons (Fsp3) is 0.569. The molecule has 2 aromatic carbocycles. The van der Waals surface area contributed by atoms with E-state index in [1.54, 1.807) is 27.9 Å². The van der Waals surface area contributed by atoms with Crippen LogP contribution in [0, 0.1) is 35.0 Å². The van der Waals surface area contributed by atoms with Crippen molar-refractivity contribution in [3.63, 3.8) is 0 Å². The van der Waals surface area contributed by atoms with E-state index in [-0.39, 0.29) is 62.1 Å². The molecule has 7 atom stereocenters. The van der Waals surface area contributed by atoms with Crippen LogP contribution in [0.5, 0.6) is 0 Å². The molecule has 3 N–H and O–H groups in total. The minimum atomic E-state index is -1.57. The van der Waals surface area contributed by atoms with Gasteiger partial charge in [0.05, 0.1) is 24.2 Å². The highest BCUT2D eigenvalue weighted by atomic mass is 79.9. The lowest BCUT2D eigenvalue weighted by Gasteiger charge is -2.34. The Kier molecular flexibility index (Phi) is 21.9. The number of carbonyl (C=O) groups is 7. The SMILES string of the molecule is CC[C@H](CC(=O)[C@H](Cc1cn(Cc2ccc(Br)cc2)c2ccccc12)N(C)C(=O)[C@@H](CC(=O)[C@H](CC(C)C)N(C)C(=O)[C@@H](N)CC)CC(C)C)C(=O)N(C)[C@@H](C)C(=O)O[C@H](CCC#N)C(=O)O. The number of fused-ring (bicyclic) bond motifs is 1. The van der Waals surface area contributed by atoms with Crippen LogP contribution in [0.15, 0.2) is 59.2 Å². The minimum absolute atomic E-state index is 0.0132. The van der Waals surface area contributed by atoms with Crippen molar-refractivity contribution in [2.24, 2.45) is 29.4 Å². The summed E-state index contributed by atoms with van der Waals surface area (Å²) in [5.74, 6) is -6.13. The number of esters is 1. The monoisotopic (exact) mass is 990 g/mol. The van der Waals surface area contributed by atoms with Crippen LogP contribution < -0.4 is 5.73 Å². The van der Waals surface area contributed by atoms with Gasteiger partial charge in [-0.15, -0.1) is 0 Å². The largest absolute Gasteiger partial charge is 0.479 e. The van der Waals surface area contributed by atoms with Crippen molar-refractivity contribution in [1.29, 1.82) is 5.26 Å². The summed E-state index contributed by atoms with van der Waals surface area (Å²) in [5.41, 5.74) is 8.88. The second-order valence-corrected chi connectivity index (χ2v) is 19.5. The molecule has 0 spiro atoms. The Hall–Kier alpha value is -5.40. The Bertz CT molecular complexity index is 2230. The number of carboxylic acids is 1. The zero-order valence-electron chi connectivity index (χ0n) is 40.9. The van der Waals surface area contributed by atoms with Crippen LogP contribution in [-0.2, 0) is 51.3 Å². The summed E-state index contributed by atoms with van der Waals surface area (Å²) in [7, 11) is 4.51. The number of aliphatic carboxylic acids is 1. The number of carboxylic acid groups (broad SMARTS) is 1. The molecule has 0 aliphatic rings. The van der Waals surface area contributed by atoms with Gasteiger partial charge < -0.3 is 34.8 Å². The van der Waals surface area contributed by atoms with Crippen molar-refractivity contribution in [3.8, 4) is 6.07 Å². The summed E-state index contributed by atoms with van der Waals surface area (Å²) in [6, 6.07) is 13.7. The number of amides is 3. The second-order valence-electron chi connectivity index (χ2n) is 18.6. The number of hydrogen-bond donors (Lipinski definition) is 2. The number of carbonyl (C=O) groups excluding carboxylic acids is 6. The van der Waals surface area contributed by atoms with Crippen LogP contribution >= 0.6 is 15.9 Å². The molecular weight excluding hydrogens is 920 g/mol. The number of Topliss-reactive ketones (excluding diaryl/α,β-unsaturated/α-hetero) is 2. The minimum Gasteiger partial charge on any atom is -0.479 e. The van der Waals surface area contributed by atoms with Gasteiger partial charge in [-0.05, 0) is 73.8 Å². The first-order valence-electron chi connectivity index (χ1n) is 23.3. The Morgan fingerprint density at radius 2 is 1.34 bits per heavy atom. The maximum Gasteiger partial charge on any atom is 0.345 e. The predicted molar refractivity (Wildman–Crippen MR) is 260 cm³/mol. The summed E-state index contributed by atoms with van der Waals surface area (Å²) in [6.07, 6.45) is 0.950. The number of hydrogen-bond acceptors (Lipinski definition) is 10. The maximum atomic E-state index is 15.0. The zero-order valence-corrected chi connectivity index (χ0v) is 42.5. The molecule has 15 nitrogen and oxygen atoms in total. The number of nitrogens with zero attached hydrogens (tertiary/aromatic N) is 5. The molecule has 1 heterocycles. The number of ether oxygens (including phenoxy) is 1. The first-order valence-corrected chi connectivity index (χ1v) is 24.1. The Labute approximate surface area is 404 Å². The van der Waals surface area contributed by atoms with Gasteiger partial charge in [-0.2, -0.15) is 5.26 Å². The van der Waals surface area contributed by atoms with Crippen molar-refractivity contribution in [3.05, 3.63) is 70.3 Å². The first kappa shape index (κ1) is 55.9. The Balaban J connectivity index is 2.08. The van der Waals surface area contributed by atoms with E-state index in [0.29, 0.717) is 25.8 Å². The van der Waals surface area contributed by atoms with Crippen molar-refractivity contribution in [1.82, 2.24) is 19.3 Å². The highest BCUT2D eigenvalue weighted by Crippen LogP contribution is 2.29. The van der Waals surface area contributed by atoms with Gasteiger partial charge in [0.25, 0.3) is 0 Å². The van der Waals surface area contributed by atoms with Crippen molar-refractivity contribution >= 4 is 68.1 Å². The van der Waals surface area contributed by atoms with E-state index >= 15 is 0 Å². The quantitative estimate of drug-likeness (QED) is 0.0730. The fourth-order valence-electron chi connectivity index (χ4n) is 8.37. The van der Waals surface area contributed by atoms with E-state index < -0.39 is 71.6 Å². The van der Waals surface area contributed by atoms with E-state index in [0.717, 1.165) is 31.4 Å². The van der Waals surface area contributed by atoms with Gasteiger partial charge in [-0.3, -0.25) is 24.0 Å². The molecule has 1 aromatic heterocycles. The summed E-state index contributed by atoms with van der Waals surface area (Å²) < 4.78 is 8.23. The normalized spacial score (nSPS) is 14.6. The number of halogens is 1. The number of likely N-dealkylation sites (N-methyl/N-ethyl adjacent to an activating group) is 3. The molecule has 67 heavy (non-hydrogen) atoms. The number of benzene rings is 2. The number of nitriles is 1. The summed E-state index contributed by atoms with van der Waals surface area (Å²) in [6.45, 7) is 13.3. The molecule has 0 aliphatic carbocycles. The average Bonchev–Trinajstić information content (AvgIpc) is 3.64. The van der Waals surface area contributed by atoms with Crippen molar-refractivity contribution < 1.29 is 43.4 Å². The summed E-state index contributed by atoms with van der Waals surface area (Å²) >= 11 is 3.50. The predicted octanol–water partition coefficient (Wildman–Crippen LogP) is 7.19. The number of rotatable bonds is 27. The smallest absolute Gasteiger partial charge is 0.345 e. The molecule has 3 aromatic rings. The molecule has 3 rings (SSSR count). The highest BCUT2D eigenvalue weighted by molar-refractivity contribution is 9.10. The Morgan fingerprint density at radius 1 is 0.776 bits per heavy atom. The first-order chi connectivity index (χ1) is 31.6. The van der Waals surface area contributed by atoms with Crippen molar-refractivity contribution in [2.45, 2.75) is 143 Å². The average molecular weight is 992 g/mol. The van der Waals surface area contributed by atoms with E-state index in [1.807, 2.05) is 88.5 Å². The van der Waals surface area contributed by atoms with Gasteiger partial charge in [-0.1, -0.05) is 87.8 Å². The van der Waals surface area contributed by atoms with Crippen LogP contribution in [0.2, 0.25) is 0 Å². The fourth-order valence-corrected chi connectivity index (χ4v) is 8.63.